The molecule has 1 aromatic rings. The van der Waals surface area contributed by atoms with Crippen molar-refractivity contribution in [1.29, 1.82) is 0 Å². The van der Waals surface area contributed by atoms with E-state index in [1.165, 1.54) is 37.8 Å². The third-order valence-corrected chi connectivity index (χ3v) is 6.48. The Balaban J connectivity index is 1.83. The van der Waals surface area contributed by atoms with Gasteiger partial charge in [0.2, 0.25) is 0 Å². The van der Waals surface area contributed by atoms with Crippen LogP contribution in [-0.4, -0.2) is 25.0 Å². The van der Waals surface area contributed by atoms with Gasteiger partial charge in [-0.3, -0.25) is 4.79 Å². The van der Waals surface area contributed by atoms with E-state index in [0.29, 0.717) is 12.6 Å². The fourth-order valence-corrected chi connectivity index (χ4v) is 4.90. The van der Waals surface area contributed by atoms with Crippen molar-refractivity contribution < 1.29 is 4.79 Å². The van der Waals surface area contributed by atoms with Crippen molar-refractivity contribution in [2.24, 2.45) is 0 Å². The first kappa shape index (κ1) is 22.2. The number of carbonyl (C=O) groups excluding carboxylic acids is 1. The monoisotopic (exact) mass is 407 g/mol. The molecule has 1 heterocycles. The lowest BCUT2D eigenvalue weighted by Crippen LogP contribution is -2.37. The summed E-state index contributed by atoms with van der Waals surface area (Å²) in [4.78, 5) is 15.7. The Bertz CT molecular complexity index is 888. The predicted octanol–water partition coefficient (Wildman–Crippen LogP) is 5.53. The fourth-order valence-electron chi connectivity index (χ4n) is 4.90. The van der Waals surface area contributed by atoms with Crippen LogP contribution in [0.15, 0.2) is 47.3 Å². The molecule has 1 aliphatic heterocycles. The molecule has 162 valence electrons. The van der Waals surface area contributed by atoms with Crippen LogP contribution in [0.25, 0.3) is 0 Å². The third kappa shape index (κ3) is 4.80. The van der Waals surface area contributed by atoms with Gasteiger partial charge in [0.15, 0.2) is 0 Å². The zero-order valence-corrected chi connectivity index (χ0v) is 19.3. The van der Waals surface area contributed by atoms with Crippen LogP contribution in [0.5, 0.6) is 0 Å². The van der Waals surface area contributed by atoms with Gasteiger partial charge in [-0.05, 0) is 87.9 Å². The number of nitrogens with zero attached hydrogens (tertiary/aromatic N) is 1. The SMILES string of the molecule is C=C1NC(C)=CC(C)=C1CNC(=O)c1cc(C)cc(N(CC)C2CCCCC2)c1C. The number of rotatable bonds is 6. The zero-order chi connectivity index (χ0) is 21.8. The third-order valence-electron chi connectivity index (χ3n) is 6.48. The van der Waals surface area contributed by atoms with E-state index < -0.39 is 0 Å². The van der Waals surface area contributed by atoms with E-state index in [1.54, 1.807) is 0 Å². The Kier molecular flexibility index (Phi) is 7.06. The van der Waals surface area contributed by atoms with Crippen LogP contribution in [0.1, 0.15) is 74.4 Å². The molecule has 1 amide bonds. The van der Waals surface area contributed by atoms with Crippen molar-refractivity contribution >= 4 is 11.6 Å². The second kappa shape index (κ2) is 9.55. The van der Waals surface area contributed by atoms with Gasteiger partial charge in [-0.15, -0.1) is 0 Å². The number of carbonyl (C=O) groups is 1. The Morgan fingerprint density at radius 3 is 2.50 bits per heavy atom. The Hall–Kier alpha value is -2.49. The van der Waals surface area contributed by atoms with Crippen molar-refractivity contribution in [2.75, 3.05) is 18.0 Å². The Labute approximate surface area is 182 Å². The topological polar surface area (TPSA) is 44.4 Å². The Morgan fingerprint density at radius 2 is 1.87 bits per heavy atom. The van der Waals surface area contributed by atoms with Gasteiger partial charge < -0.3 is 15.5 Å². The van der Waals surface area contributed by atoms with Crippen LogP contribution in [0.3, 0.4) is 0 Å². The highest BCUT2D eigenvalue weighted by atomic mass is 16.1. The average molecular weight is 408 g/mol. The molecule has 4 nitrogen and oxygen atoms in total. The molecule has 30 heavy (non-hydrogen) atoms. The minimum atomic E-state index is -0.0171. The van der Waals surface area contributed by atoms with Gasteiger partial charge in [-0.1, -0.05) is 25.8 Å². The van der Waals surface area contributed by atoms with E-state index in [-0.39, 0.29) is 5.91 Å². The van der Waals surface area contributed by atoms with E-state index in [2.05, 4.69) is 61.9 Å². The first-order chi connectivity index (χ1) is 14.3. The van der Waals surface area contributed by atoms with Gasteiger partial charge in [0.1, 0.15) is 0 Å². The van der Waals surface area contributed by atoms with E-state index in [4.69, 9.17) is 0 Å². The summed E-state index contributed by atoms with van der Waals surface area (Å²) in [7, 11) is 0. The largest absolute Gasteiger partial charge is 0.369 e. The van der Waals surface area contributed by atoms with Crippen LogP contribution in [-0.2, 0) is 0 Å². The van der Waals surface area contributed by atoms with E-state index in [1.807, 2.05) is 13.0 Å². The summed E-state index contributed by atoms with van der Waals surface area (Å²) in [5.74, 6) is -0.0171. The van der Waals surface area contributed by atoms with Gasteiger partial charge in [-0.2, -0.15) is 0 Å². The molecule has 2 aliphatic rings. The van der Waals surface area contributed by atoms with Crippen molar-refractivity contribution in [3.63, 3.8) is 0 Å². The smallest absolute Gasteiger partial charge is 0.251 e. The highest BCUT2D eigenvalue weighted by molar-refractivity contribution is 5.97. The van der Waals surface area contributed by atoms with Crippen LogP contribution < -0.4 is 15.5 Å². The summed E-state index contributed by atoms with van der Waals surface area (Å²) in [6.45, 7) is 16.0. The number of hydrogen-bond donors (Lipinski definition) is 2. The maximum absolute atomic E-state index is 13.2. The summed E-state index contributed by atoms with van der Waals surface area (Å²) >= 11 is 0. The lowest BCUT2D eigenvalue weighted by Gasteiger charge is -2.37. The number of amides is 1. The molecule has 1 fully saturated rings. The van der Waals surface area contributed by atoms with Crippen molar-refractivity contribution in [3.8, 4) is 0 Å². The molecular weight excluding hydrogens is 370 g/mol. The van der Waals surface area contributed by atoms with Gasteiger partial charge in [0.25, 0.3) is 5.91 Å². The molecule has 0 radical (unpaired) electrons. The van der Waals surface area contributed by atoms with Gasteiger partial charge in [-0.25, -0.2) is 0 Å². The second-order valence-electron chi connectivity index (χ2n) is 8.81. The average Bonchev–Trinajstić information content (AvgIpc) is 2.70. The number of nitrogens with one attached hydrogen (secondary N) is 2. The molecule has 0 bridgehead atoms. The quantitative estimate of drug-likeness (QED) is 0.652. The highest BCUT2D eigenvalue weighted by Crippen LogP contribution is 2.32. The predicted molar refractivity (Wildman–Crippen MR) is 127 cm³/mol. The molecule has 0 spiro atoms. The van der Waals surface area contributed by atoms with E-state index in [9.17, 15) is 4.79 Å². The van der Waals surface area contributed by atoms with E-state index in [0.717, 1.165) is 45.8 Å². The normalized spacial score (nSPS) is 17.5. The van der Waals surface area contributed by atoms with Crippen molar-refractivity contribution in [2.45, 2.75) is 72.8 Å². The van der Waals surface area contributed by atoms with Crippen LogP contribution in [0.2, 0.25) is 0 Å². The molecule has 1 aromatic carbocycles. The maximum atomic E-state index is 13.2. The molecule has 0 unspecified atom stereocenters. The minimum Gasteiger partial charge on any atom is -0.369 e. The minimum absolute atomic E-state index is 0.0171. The molecule has 0 saturated heterocycles. The number of allylic oxidation sites excluding steroid dienone is 3. The van der Waals surface area contributed by atoms with Crippen LogP contribution >= 0.6 is 0 Å². The number of benzene rings is 1. The van der Waals surface area contributed by atoms with Gasteiger partial charge in [0, 0.05) is 41.8 Å². The molecule has 2 N–H and O–H groups in total. The summed E-state index contributed by atoms with van der Waals surface area (Å²) < 4.78 is 0. The zero-order valence-electron chi connectivity index (χ0n) is 19.3. The first-order valence-corrected chi connectivity index (χ1v) is 11.3. The van der Waals surface area contributed by atoms with Crippen LogP contribution in [0.4, 0.5) is 5.69 Å². The fraction of sp³-hybridized carbons (Fsp3) is 0.500. The Morgan fingerprint density at radius 1 is 1.17 bits per heavy atom. The molecule has 1 saturated carbocycles. The van der Waals surface area contributed by atoms with E-state index >= 15 is 0 Å². The van der Waals surface area contributed by atoms with Crippen LogP contribution in [0, 0.1) is 13.8 Å². The summed E-state index contributed by atoms with van der Waals surface area (Å²) in [6.07, 6.45) is 8.55. The lowest BCUT2D eigenvalue weighted by atomic mass is 9.92. The number of dihydropyridines is 1. The molecule has 3 rings (SSSR count). The summed E-state index contributed by atoms with van der Waals surface area (Å²) in [5, 5.41) is 6.39. The lowest BCUT2D eigenvalue weighted by molar-refractivity contribution is 0.0956. The number of anilines is 1. The molecule has 1 aliphatic carbocycles. The maximum Gasteiger partial charge on any atom is 0.251 e. The van der Waals surface area contributed by atoms with Gasteiger partial charge in [0.05, 0.1) is 0 Å². The number of hydrogen-bond acceptors (Lipinski definition) is 3. The molecule has 4 heteroatoms. The van der Waals surface area contributed by atoms with Crippen molar-refractivity contribution in [1.82, 2.24) is 10.6 Å². The van der Waals surface area contributed by atoms with Crippen molar-refractivity contribution in [3.05, 3.63) is 64.0 Å². The molecule has 0 atom stereocenters. The number of aryl methyl sites for hydroxylation is 1. The van der Waals surface area contributed by atoms with Gasteiger partial charge >= 0.3 is 0 Å². The highest BCUT2D eigenvalue weighted by Gasteiger charge is 2.24. The first-order valence-electron chi connectivity index (χ1n) is 11.3. The summed E-state index contributed by atoms with van der Waals surface area (Å²) in [5.41, 5.74) is 8.34. The molecule has 0 aromatic heterocycles. The molecular formula is C26H37N3O. The standard InChI is InChI=1S/C26H37N3O/c1-7-29(22-11-9-8-10-12-22)25-14-17(2)13-23(20(25)5)26(30)27-16-24-18(3)15-19(4)28-21(24)6/h13-15,22,28H,6-12,16H2,1-5H3,(H,27,30). The summed E-state index contributed by atoms with van der Waals surface area (Å²) in [6, 6.07) is 4.85. The second-order valence-corrected chi connectivity index (χ2v) is 8.81.